The quantitative estimate of drug-likeness (QED) is 0.595. The van der Waals surface area contributed by atoms with Crippen molar-refractivity contribution in [2.45, 2.75) is 13.0 Å². The van der Waals surface area contributed by atoms with Gasteiger partial charge >= 0.3 is 5.82 Å². The Hall–Kier alpha value is -1.89. The van der Waals surface area contributed by atoms with Crippen molar-refractivity contribution in [1.29, 1.82) is 0 Å². The summed E-state index contributed by atoms with van der Waals surface area (Å²) >= 11 is 0. The first-order chi connectivity index (χ1) is 8.61. The van der Waals surface area contributed by atoms with E-state index in [0.29, 0.717) is 31.3 Å². The molecule has 2 rings (SSSR count). The second-order valence-electron chi connectivity index (χ2n) is 4.08. The third-order valence-electron chi connectivity index (χ3n) is 2.77. The molecule has 7 heteroatoms. The molecule has 1 aliphatic heterocycles. The minimum atomic E-state index is -0.507. The fourth-order valence-electron chi connectivity index (χ4n) is 1.92. The Morgan fingerprint density at radius 1 is 1.61 bits per heavy atom. The predicted octanol–water partition coefficient (Wildman–Crippen LogP) is 1.22. The van der Waals surface area contributed by atoms with Crippen molar-refractivity contribution in [2.75, 3.05) is 31.7 Å². The highest BCUT2D eigenvalue weighted by atomic mass is 16.6. The number of nitrogens with zero attached hydrogens (tertiary/aromatic N) is 3. The first-order valence-corrected chi connectivity index (χ1v) is 5.68. The maximum Gasteiger partial charge on any atom is 0.366 e. The van der Waals surface area contributed by atoms with Gasteiger partial charge in [-0.05, 0) is 22.9 Å². The van der Waals surface area contributed by atoms with Crippen LogP contribution in [-0.4, -0.2) is 42.8 Å². The second-order valence-corrected chi connectivity index (χ2v) is 4.08. The van der Waals surface area contributed by atoms with E-state index in [4.69, 9.17) is 9.47 Å². The smallest absolute Gasteiger partial charge is 0.366 e. The lowest BCUT2D eigenvalue weighted by Gasteiger charge is -2.30. The molecule has 0 bridgehead atoms. The molecule has 0 spiro atoms. The minimum absolute atomic E-state index is 0.0736. The molecular weight excluding hydrogens is 238 g/mol. The SMILES string of the molecule is COc1ccc([N+](=O)[O-])nc1N1CCOC(C)C1. The standard InChI is InChI=1S/C11H15N3O4/c1-8-7-13(5-6-18-8)11-9(17-2)3-4-10(12-11)14(15)16/h3-4,8H,5-7H2,1-2H3. The van der Waals surface area contributed by atoms with E-state index < -0.39 is 4.92 Å². The van der Waals surface area contributed by atoms with Crippen molar-refractivity contribution in [2.24, 2.45) is 0 Å². The number of aromatic nitrogens is 1. The van der Waals surface area contributed by atoms with Gasteiger partial charge < -0.3 is 24.5 Å². The monoisotopic (exact) mass is 253 g/mol. The van der Waals surface area contributed by atoms with Crippen LogP contribution in [0.25, 0.3) is 0 Å². The molecular formula is C11H15N3O4. The van der Waals surface area contributed by atoms with Crippen molar-refractivity contribution in [3.05, 3.63) is 22.2 Å². The van der Waals surface area contributed by atoms with Gasteiger partial charge in [0.2, 0.25) is 0 Å². The highest BCUT2D eigenvalue weighted by molar-refractivity contribution is 5.55. The molecule has 1 aromatic rings. The molecule has 1 aliphatic rings. The fourth-order valence-corrected chi connectivity index (χ4v) is 1.92. The number of hydrogen-bond acceptors (Lipinski definition) is 6. The zero-order valence-electron chi connectivity index (χ0n) is 10.3. The highest BCUT2D eigenvalue weighted by Crippen LogP contribution is 2.29. The molecule has 1 unspecified atom stereocenters. The van der Waals surface area contributed by atoms with Crippen molar-refractivity contribution < 1.29 is 14.4 Å². The molecule has 1 fully saturated rings. The first-order valence-electron chi connectivity index (χ1n) is 5.68. The van der Waals surface area contributed by atoms with E-state index in [2.05, 4.69) is 4.98 Å². The molecule has 1 aromatic heterocycles. The molecule has 7 nitrogen and oxygen atoms in total. The van der Waals surface area contributed by atoms with Crippen molar-refractivity contribution in [3.8, 4) is 5.75 Å². The van der Waals surface area contributed by atoms with Gasteiger partial charge in [0.15, 0.2) is 5.75 Å². The molecule has 2 heterocycles. The van der Waals surface area contributed by atoms with Crippen LogP contribution in [0.4, 0.5) is 11.6 Å². The largest absolute Gasteiger partial charge is 0.491 e. The summed E-state index contributed by atoms with van der Waals surface area (Å²) in [5.74, 6) is 0.862. The van der Waals surface area contributed by atoms with E-state index in [9.17, 15) is 10.1 Å². The van der Waals surface area contributed by atoms with Crippen molar-refractivity contribution in [3.63, 3.8) is 0 Å². The van der Waals surface area contributed by atoms with Crippen molar-refractivity contribution in [1.82, 2.24) is 4.98 Å². The Balaban J connectivity index is 2.33. The lowest BCUT2D eigenvalue weighted by Crippen LogP contribution is -2.41. The second kappa shape index (κ2) is 5.18. The van der Waals surface area contributed by atoms with Gasteiger partial charge in [0.05, 0.1) is 19.8 Å². The van der Waals surface area contributed by atoms with Gasteiger partial charge in [0, 0.05) is 19.2 Å². The molecule has 0 N–H and O–H groups in total. The topological polar surface area (TPSA) is 77.7 Å². The van der Waals surface area contributed by atoms with Crippen LogP contribution in [0.15, 0.2) is 12.1 Å². The van der Waals surface area contributed by atoms with Crippen molar-refractivity contribution >= 4 is 11.6 Å². The van der Waals surface area contributed by atoms with Crippen LogP contribution in [0.3, 0.4) is 0 Å². The third-order valence-corrected chi connectivity index (χ3v) is 2.77. The van der Waals surface area contributed by atoms with Gasteiger partial charge in [-0.1, -0.05) is 0 Å². The van der Waals surface area contributed by atoms with E-state index in [-0.39, 0.29) is 11.9 Å². The van der Waals surface area contributed by atoms with Gasteiger partial charge in [-0.25, -0.2) is 0 Å². The lowest BCUT2D eigenvalue weighted by atomic mass is 10.3. The summed E-state index contributed by atoms with van der Waals surface area (Å²) in [5, 5.41) is 10.8. The zero-order chi connectivity index (χ0) is 13.1. The van der Waals surface area contributed by atoms with Crippen LogP contribution in [0.1, 0.15) is 6.92 Å². The van der Waals surface area contributed by atoms with Crippen LogP contribution in [-0.2, 0) is 4.74 Å². The van der Waals surface area contributed by atoms with E-state index >= 15 is 0 Å². The van der Waals surface area contributed by atoms with E-state index in [0.717, 1.165) is 0 Å². The van der Waals surface area contributed by atoms with E-state index in [1.807, 2.05) is 11.8 Å². The number of rotatable bonds is 3. The van der Waals surface area contributed by atoms with Crippen LogP contribution in [0.5, 0.6) is 5.75 Å². The molecule has 98 valence electrons. The summed E-state index contributed by atoms with van der Waals surface area (Å²) < 4.78 is 10.6. The number of methoxy groups -OCH3 is 1. The average Bonchev–Trinajstić information content (AvgIpc) is 2.38. The summed E-state index contributed by atoms with van der Waals surface area (Å²) in [6, 6.07) is 2.91. The third kappa shape index (κ3) is 2.51. The highest BCUT2D eigenvalue weighted by Gasteiger charge is 2.26. The first kappa shape index (κ1) is 12.6. The molecule has 18 heavy (non-hydrogen) atoms. The van der Waals surface area contributed by atoms with Gasteiger partial charge in [-0.2, -0.15) is 0 Å². The molecule has 0 amide bonds. The Bertz CT molecular complexity index is 452. The van der Waals surface area contributed by atoms with Crippen LogP contribution in [0, 0.1) is 10.1 Å². The molecule has 0 aliphatic carbocycles. The van der Waals surface area contributed by atoms with Crippen LogP contribution < -0.4 is 9.64 Å². The number of anilines is 1. The normalized spacial score (nSPS) is 19.7. The fraction of sp³-hybridized carbons (Fsp3) is 0.545. The Kier molecular flexibility index (Phi) is 3.61. The maximum absolute atomic E-state index is 10.8. The molecule has 0 aromatic carbocycles. The van der Waals surface area contributed by atoms with Gasteiger partial charge in [-0.15, -0.1) is 0 Å². The maximum atomic E-state index is 10.8. The van der Waals surface area contributed by atoms with E-state index in [1.165, 1.54) is 13.2 Å². The minimum Gasteiger partial charge on any atom is -0.491 e. The molecule has 0 radical (unpaired) electrons. The summed E-state index contributed by atoms with van der Waals surface area (Å²) in [6.07, 6.45) is 0.0736. The van der Waals surface area contributed by atoms with Crippen LogP contribution in [0.2, 0.25) is 0 Å². The van der Waals surface area contributed by atoms with E-state index in [1.54, 1.807) is 6.07 Å². The lowest BCUT2D eigenvalue weighted by molar-refractivity contribution is -0.389. The predicted molar refractivity (Wildman–Crippen MR) is 65.1 cm³/mol. The average molecular weight is 253 g/mol. The summed E-state index contributed by atoms with van der Waals surface area (Å²) in [4.78, 5) is 16.2. The van der Waals surface area contributed by atoms with Gasteiger partial charge in [0.1, 0.15) is 0 Å². The number of pyridine rings is 1. The zero-order valence-corrected chi connectivity index (χ0v) is 10.3. The Labute approximate surface area is 104 Å². The molecule has 1 atom stereocenters. The summed E-state index contributed by atoms with van der Waals surface area (Å²) in [6.45, 7) is 3.82. The number of nitro groups is 1. The Morgan fingerprint density at radius 2 is 2.39 bits per heavy atom. The number of morpholine rings is 1. The molecule has 0 saturated carbocycles. The summed E-state index contributed by atoms with van der Waals surface area (Å²) in [7, 11) is 1.52. The van der Waals surface area contributed by atoms with Gasteiger partial charge in [-0.3, -0.25) is 0 Å². The Morgan fingerprint density at radius 3 is 3.00 bits per heavy atom. The summed E-state index contributed by atoms with van der Waals surface area (Å²) in [5.41, 5.74) is 0. The number of ether oxygens (including phenoxy) is 2. The van der Waals surface area contributed by atoms with Crippen LogP contribution >= 0.6 is 0 Å². The van der Waals surface area contributed by atoms with Gasteiger partial charge in [0.25, 0.3) is 5.82 Å². The number of hydrogen-bond donors (Lipinski definition) is 0. The molecule has 1 saturated heterocycles.